The standard InChI is InChI=1S/C22H29N3O3S/c1-15-6-11-20(28-5)19(14-15)25(24)18(12-13-26)21(23)29(27)17-9-7-16(8-10-17)22(2,3)4/h6-11,13-14H,12,23-24H2,1-5H3/b21-18+. The summed E-state index contributed by atoms with van der Waals surface area (Å²) >= 11 is 0. The minimum Gasteiger partial charge on any atom is -0.495 e. The molecule has 0 aromatic heterocycles. The van der Waals surface area contributed by atoms with Gasteiger partial charge in [-0.2, -0.15) is 0 Å². The van der Waals surface area contributed by atoms with Gasteiger partial charge in [-0.05, 0) is 47.7 Å². The van der Waals surface area contributed by atoms with E-state index >= 15 is 0 Å². The first-order chi connectivity index (χ1) is 13.6. The second-order valence-electron chi connectivity index (χ2n) is 7.77. The van der Waals surface area contributed by atoms with Crippen molar-refractivity contribution in [2.75, 3.05) is 12.1 Å². The number of aryl methyl sites for hydroxylation is 1. The molecule has 2 rings (SSSR count). The number of nitrogens with two attached hydrogens (primary N) is 2. The Morgan fingerprint density at radius 1 is 1.17 bits per heavy atom. The number of hydrogen-bond acceptors (Lipinski definition) is 6. The van der Waals surface area contributed by atoms with Crippen LogP contribution in [0, 0.1) is 6.92 Å². The fourth-order valence-electron chi connectivity index (χ4n) is 2.84. The van der Waals surface area contributed by atoms with Crippen LogP contribution in [0.3, 0.4) is 0 Å². The molecule has 7 heteroatoms. The Morgan fingerprint density at radius 2 is 1.79 bits per heavy atom. The summed E-state index contributed by atoms with van der Waals surface area (Å²) in [5.41, 5.74) is 9.10. The highest BCUT2D eigenvalue weighted by atomic mass is 32.2. The molecule has 0 fully saturated rings. The van der Waals surface area contributed by atoms with Crippen LogP contribution in [0.25, 0.3) is 0 Å². The summed E-state index contributed by atoms with van der Waals surface area (Å²) in [7, 11) is -0.136. The van der Waals surface area contributed by atoms with Gasteiger partial charge in [0, 0.05) is 11.3 Å². The molecule has 156 valence electrons. The predicted molar refractivity (Wildman–Crippen MR) is 118 cm³/mol. The van der Waals surface area contributed by atoms with Gasteiger partial charge in [0.05, 0.1) is 18.5 Å². The Hall–Kier alpha value is -2.64. The number of allylic oxidation sites excluding steroid dienone is 1. The van der Waals surface area contributed by atoms with Crippen molar-refractivity contribution in [1.82, 2.24) is 0 Å². The summed E-state index contributed by atoms with van der Waals surface area (Å²) in [6.45, 7) is 8.24. The smallest absolute Gasteiger partial charge is 0.143 e. The minimum atomic E-state index is -1.67. The van der Waals surface area contributed by atoms with Gasteiger partial charge in [0.15, 0.2) is 0 Å². The number of ether oxygens (including phenoxy) is 1. The lowest BCUT2D eigenvalue weighted by Crippen LogP contribution is -2.34. The van der Waals surface area contributed by atoms with Gasteiger partial charge in [-0.25, -0.2) is 10.1 Å². The lowest BCUT2D eigenvalue weighted by atomic mass is 9.87. The van der Waals surface area contributed by atoms with Gasteiger partial charge in [0.1, 0.15) is 27.9 Å². The number of carbonyl (C=O) groups excluding carboxylic acids is 1. The number of hydrogen-bond donors (Lipinski definition) is 2. The highest BCUT2D eigenvalue weighted by Gasteiger charge is 2.21. The van der Waals surface area contributed by atoms with Crippen molar-refractivity contribution in [3.63, 3.8) is 0 Å². The summed E-state index contributed by atoms with van der Waals surface area (Å²) in [4.78, 5) is 11.8. The van der Waals surface area contributed by atoms with Crippen LogP contribution < -0.4 is 21.3 Å². The molecule has 0 spiro atoms. The monoisotopic (exact) mass is 415 g/mol. The molecule has 2 aromatic rings. The first-order valence-electron chi connectivity index (χ1n) is 9.24. The number of methoxy groups -OCH3 is 1. The Kier molecular flexibility index (Phi) is 7.21. The predicted octanol–water partition coefficient (Wildman–Crippen LogP) is 3.51. The molecule has 0 aliphatic rings. The maximum Gasteiger partial charge on any atom is 0.143 e. The number of aldehydes is 1. The molecule has 0 aliphatic carbocycles. The van der Waals surface area contributed by atoms with E-state index in [1.54, 1.807) is 18.2 Å². The van der Waals surface area contributed by atoms with Gasteiger partial charge in [0.2, 0.25) is 0 Å². The third-order valence-corrected chi connectivity index (χ3v) is 5.92. The van der Waals surface area contributed by atoms with Crippen LogP contribution in [0.15, 0.2) is 58.1 Å². The third-order valence-electron chi connectivity index (χ3n) is 4.58. The lowest BCUT2D eigenvalue weighted by molar-refractivity contribution is -0.107. The van der Waals surface area contributed by atoms with Crippen LogP contribution in [0.4, 0.5) is 5.69 Å². The topological polar surface area (TPSA) is 98.7 Å². The summed E-state index contributed by atoms with van der Waals surface area (Å²) in [6, 6.07) is 12.9. The van der Waals surface area contributed by atoms with Crippen molar-refractivity contribution in [3.05, 3.63) is 64.3 Å². The van der Waals surface area contributed by atoms with E-state index in [0.717, 1.165) is 11.1 Å². The second-order valence-corrected chi connectivity index (χ2v) is 9.22. The largest absolute Gasteiger partial charge is 0.495 e. The molecule has 0 saturated carbocycles. The Bertz CT molecular complexity index is 931. The molecule has 0 heterocycles. The summed E-state index contributed by atoms with van der Waals surface area (Å²) in [6.07, 6.45) is 0.607. The Balaban J connectivity index is 2.47. The molecule has 4 N–H and O–H groups in total. The average Bonchev–Trinajstić information content (AvgIpc) is 2.70. The summed E-state index contributed by atoms with van der Waals surface area (Å²) in [5.74, 6) is 6.81. The van der Waals surface area contributed by atoms with E-state index in [1.807, 2.05) is 31.2 Å². The van der Waals surface area contributed by atoms with E-state index in [9.17, 15) is 9.00 Å². The first-order valence-corrected chi connectivity index (χ1v) is 10.4. The number of benzene rings is 2. The number of anilines is 1. The third kappa shape index (κ3) is 5.25. The van der Waals surface area contributed by atoms with Gasteiger partial charge in [-0.1, -0.05) is 39.0 Å². The lowest BCUT2D eigenvalue weighted by Gasteiger charge is -2.25. The van der Waals surface area contributed by atoms with Crippen molar-refractivity contribution in [2.24, 2.45) is 11.6 Å². The zero-order valence-corrected chi connectivity index (χ0v) is 18.4. The van der Waals surface area contributed by atoms with Gasteiger partial charge < -0.3 is 15.3 Å². The number of hydrazine groups is 1. The van der Waals surface area contributed by atoms with E-state index in [1.165, 1.54) is 12.1 Å². The molecule has 1 atom stereocenters. The number of rotatable bonds is 7. The van der Waals surface area contributed by atoms with E-state index in [0.29, 0.717) is 22.6 Å². The molecule has 0 aliphatic heterocycles. The number of nitrogens with zero attached hydrogens (tertiary/aromatic N) is 1. The van der Waals surface area contributed by atoms with Crippen molar-refractivity contribution >= 4 is 22.8 Å². The van der Waals surface area contributed by atoms with Crippen LogP contribution >= 0.6 is 0 Å². The maximum atomic E-state index is 13.1. The minimum absolute atomic E-state index is 0.0140. The van der Waals surface area contributed by atoms with E-state index in [-0.39, 0.29) is 22.6 Å². The molecular weight excluding hydrogens is 386 g/mol. The summed E-state index contributed by atoms with van der Waals surface area (Å²) < 4.78 is 18.4. The van der Waals surface area contributed by atoms with E-state index < -0.39 is 10.8 Å². The van der Waals surface area contributed by atoms with Crippen molar-refractivity contribution in [1.29, 1.82) is 0 Å². The zero-order chi connectivity index (χ0) is 21.8. The maximum absolute atomic E-state index is 13.1. The molecule has 0 saturated heterocycles. The molecular formula is C22H29N3O3S. The van der Waals surface area contributed by atoms with Crippen molar-refractivity contribution in [2.45, 2.75) is 44.4 Å². The van der Waals surface area contributed by atoms with Crippen LogP contribution in [0.5, 0.6) is 5.75 Å². The fraction of sp³-hybridized carbons (Fsp3) is 0.318. The van der Waals surface area contributed by atoms with Gasteiger partial charge in [0.25, 0.3) is 0 Å². The average molecular weight is 416 g/mol. The highest BCUT2D eigenvalue weighted by Crippen LogP contribution is 2.31. The molecule has 1 unspecified atom stereocenters. The molecule has 0 amide bonds. The van der Waals surface area contributed by atoms with Gasteiger partial charge >= 0.3 is 0 Å². The van der Waals surface area contributed by atoms with Crippen LogP contribution in [0.2, 0.25) is 0 Å². The molecule has 0 radical (unpaired) electrons. The van der Waals surface area contributed by atoms with Crippen molar-refractivity contribution < 1.29 is 13.7 Å². The quantitative estimate of drug-likeness (QED) is 0.408. The zero-order valence-electron chi connectivity index (χ0n) is 17.6. The fourth-order valence-corrected chi connectivity index (χ4v) is 3.88. The molecule has 29 heavy (non-hydrogen) atoms. The second kappa shape index (κ2) is 9.24. The van der Waals surface area contributed by atoms with Gasteiger partial charge in [-0.3, -0.25) is 5.01 Å². The number of carbonyl (C=O) groups is 1. The van der Waals surface area contributed by atoms with Crippen LogP contribution in [-0.4, -0.2) is 17.6 Å². The highest BCUT2D eigenvalue weighted by molar-refractivity contribution is 7.89. The first kappa shape index (κ1) is 22.6. The van der Waals surface area contributed by atoms with Crippen LogP contribution in [0.1, 0.15) is 38.3 Å². The van der Waals surface area contributed by atoms with E-state index in [4.69, 9.17) is 16.3 Å². The van der Waals surface area contributed by atoms with Crippen molar-refractivity contribution in [3.8, 4) is 5.75 Å². The Morgan fingerprint density at radius 3 is 2.31 bits per heavy atom. The normalized spacial score (nSPS) is 13.4. The van der Waals surface area contributed by atoms with E-state index in [2.05, 4.69) is 20.8 Å². The molecule has 6 nitrogen and oxygen atoms in total. The van der Waals surface area contributed by atoms with Gasteiger partial charge in [-0.15, -0.1) is 0 Å². The Labute approximate surface area is 175 Å². The molecule has 0 bridgehead atoms. The summed E-state index contributed by atoms with van der Waals surface area (Å²) in [5, 5.41) is 1.31. The SMILES string of the molecule is COc1ccc(C)cc1N(N)/C(CC=O)=C(\N)S(=O)c1ccc(C(C)(C)C)cc1. The molecule has 2 aromatic carbocycles. The van der Waals surface area contributed by atoms with Crippen LogP contribution in [-0.2, 0) is 21.0 Å².